The van der Waals surface area contributed by atoms with Crippen LogP contribution in [0.1, 0.15) is 24.0 Å². The van der Waals surface area contributed by atoms with Crippen molar-refractivity contribution in [2.24, 2.45) is 5.92 Å². The van der Waals surface area contributed by atoms with Crippen LogP contribution in [0.2, 0.25) is 0 Å². The molecule has 2 heterocycles. The van der Waals surface area contributed by atoms with Crippen molar-refractivity contribution in [3.63, 3.8) is 0 Å². The summed E-state index contributed by atoms with van der Waals surface area (Å²) in [7, 11) is 3.89. The van der Waals surface area contributed by atoms with Gasteiger partial charge in [0.1, 0.15) is 6.61 Å². The highest BCUT2D eigenvalue weighted by Gasteiger charge is 2.16. The minimum Gasteiger partial charge on any atom is -0.493 e. The molecule has 0 aliphatic carbocycles. The molecule has 2 aromatic rings. The molecule has 0 unspecified atom stereocenters. The number of piperidine rings is 1. The predicted octanol–water partition coefficient (Wildman–Crippen LogP) is 3.10. The van der Waals surface area contributed by atoms with Gasteiger partial charge >= 0.3 is 0 Å². The maximum atomic E-state index is 5.90. The third kappa shape index (κ3) is 5.44. The number of nitrogens with zero attached hydrogens (tertiary/aromatic N) is 2. The minimum absolute atomic E-state index is 0.506. The summed E-state index contributed by atoms with van der Waals surface area (Å²) in [5.74, 6) is 2.29. The number of benzene rings is 1. The van der Waals surface area contributed by atoms with E-state index in [1.807, 2.05) is 18.2 Å². The fourth-order valence-electron chi connectivity index (χ4n) is 3.44. The molecule has 0 saturated carbocycles. The fraction of sp³-hybridized carbons (Fsp3) is 0.476. The van der Waals surface area contributed by atoms with E-state index in [9.17, 15) is 0 Å². The molecule has 0 bridgehead atoms. The molecule has 1 saturated heterocycles. The molecular weight excluding hydrogens is 326 g/mol. The van der Waals surface area contributed by atoms with Crippen molar-refractivity contribution in [1.29, 1.82) is 0 Å². The second-order valence-corrected chi connectivity index (χ2v) is 7.03. The van der Waals surface area contributed by atoms with Crippen molar-refractivity contribution in [3.8, 4) is 11.5 Å². The van der Waals surface area contributed by atoms with E-state index >= 15 is 0 Å². The second-order valence-electron chi connectivity index (χ2n) is 7.03. The Morgan fingerprint density at radius 3 is 2.77 bits per heavy atom. The van der Waals surface area contributed by atoms with Crippen LogP contribution in [-0.4, -0.2) is 43.7 Å². The lowest BCUT2D eigenvalue weighted by molar-refractivity contribution is 0.206. The molecule has 140 valence electrons. The van der Waals surface area contributed by atoms with Gasteiger partial charge in [0.05, 0.1) is 7.11 Å². The van der Waals surface area contributed by atoms with Gasteiger partial charge in [-0.1, -0.05) is 6.07 Å². The molecule has 3 rings (SSSR count). The van der Waals surface area contributed by atoms with Crippen molar-refractivity contribution in [2.75, 3.05) is 33.8 Å². The van der Waals surface area contributed by atoms with Gasteiger partial charge in [-0.3, -0.25) is 4.98 Å². The number of ether oxygens (including phenoxy) is 2. The Morgan fingerprint density at radius 1 is 1.15 bits per heavy atom. The number of likely N-dealkylation sites (tertiary alicyclic amines) is 1. The number of nitrogens with one attached hydrogen (secondary N) is 1. The summed E-state index contributed by atoms with van der Waals surface area (Å²) in [5, 5.41) is 3.59. The van der Waals surface area contributed by atoms with Gasteiger partial charge in [-0.2, -0.15) is 0 Å². The molecule has 1 aliphatic rings. The zero-order valence-corrected chi connectivity index (χ0v) is 15.8. The lowest BCUT2D eigenvalue weighted by atomic mass is 9.98. The Hall–Kier alpha value is -2.11. The van der Waals surface area contributed by atoms with Gasteiger partial charge in [0.15, 0.2) is 11.5 Å². The van der Waals surface area contributed by atoms with E-state index in [1.54, 1.807) is 19.5 Å². The molecule has 5 heteroatoms. The average molecular weight is 355 g/mol. The van der Waals surface area contributed by atoms with Gasteiger partial charge in [0.25, 0.3) is 0 Å². The fourth-order valence-corrected chi connectivity index (χ4v) is 3.44. The van der Waals surface area contributed by atoms with E-state index in [0.717, 1.165) is 36.1 Å². The van der Waals surface area contributed by atoms with Crippen LogP contribution >= 0.6 is 0 Å². The smallest absolute Gasteiger partial charge is 0.161 e. The highest BCUT2D eigenvalue weighted by molar-refractivity contribution is 5.43. The lowest BCUT2D eigenvalue weighted by Crippen LogP contribution is -2.37. The van der Waals surface area contributed by atoms with Crippen LogP contribution < -0.4 is 14.8 Å². The van der Waals surface area contributed by atoms with Crippen LogP contribution in [0, 0.1) is 5.92 Å². The summed E-state index contributed by atoms with van der Waals surface area (Å²) in [6.07, 6.45) is 6.17. The number of methoxy groups -OCH3 is 1. The zero-order valence-electron chi connectivity index (χ0n) is 15.8. The van der Waals surface area contributed by atoms with Gasteiger partial charge in [0.2, 0.25) is 0 Å². The van der Waals surface area contributed by atoms with Gasteiger partial charge in [-0.15, -0.1) is 0 Å². The molecule has 1 aromatic carbocycles. The molecule has 26 heavy (non-hydrogen) atoms. The van der Waals surface area contributed by atoms with E-state index in [2.05, 4.69) is 34.4 Å². The van der Waals surface area contributed by atoms with Gasteiger partial charge in [0, 0.05) is 25.5 Å². The van der Waals surface area contributed by atoms with Crippen LogP contribution in [0.15, 0.2) is 42.7 Å². The van der Waals surface area contributed by atoms with E-state index in [0.29, 0.717) is 6.61 Å². The predicted molar refractivity (Wildman–Crippen MR) is 103 cm³/mol. The summed E-state index contributed by atoms with van der Waals surface area (Å²) in [5.41, 5.74) is 2.30. The first-order valence-electron chi connectivity index (χ1n) is 9.32. The van der Waals surface area contributed by atoms with E-state index in [1.165, 1.54) is 31.5 Å². The number of aromatic nitrogens is 1. The van der Waals surface area contributed by atoms with Crippen molar-refractivity contribution in [3.05, 3.63) is 53.9 Å². The summed E-state index contributed by atoms with van der Waals surface area (Å²) in [6, 6.07) is 10.1. The molecule has 0 amide bonds. The van der Waals surface area contributed by atoms with Crippen LogP contribution in [0.25, 0.3) is 0 Å². The molecule has 1 aliphatic heterocycles. The number of rotatable bonds is 8. The van der Waals surface area contributed by atoms with Crippen LogP contribution in [-0.2, 0) is 13.2 Å². The monoisotopic (exact) mass is 355 g/mol. The molecule has 5 nitrogen and oxygen atoms in total. The van der Waals surface area contributed by atoms with E-state index in [4.69, 9.17) is 9.47 Å². The van der Waals surface area contributed by atoms with Crippen molar-refractivity contribution in [2.45, 2.75) is 26.0 Å². The Balaban J connectivity index is 1.51. The van der Waals surface area contributed by atoms with Crippen molar-refractivity contribution >= 4 is 0 Å². The lowest BCUT2D eigenvalue weighted by Gasteiger charge is -2.29. The minimum atomic E-state index is 0.506. The van der Waals surface area contributed by atoms with Gasteiger partial charge in [-0.25, -0.2) is 0 Å². The summed E-state index contributed by atoms with van der Waals surface area (Å²) >= 11 is 0. The molecule has 1 atom stereocenters. The van der Waals surface area contributed by atoms with Crippen molar-refractivity contribution < 1.29 is 9.47 Å². The summed E-state index contributed by atoms with van der Waals surface area (Å²) < 4.78 is 11.4. The quantitative estimate of drug-likeness (QED) is 0.788. The molecule has 0 radical (unpaired) electrons. The standard InChI is InChI=1S/C21H29N3O2/c1-24-11-3-4-19(15-24)14-23-13-18-5-6-20(21(12-18)25-2)26-16-17-7-9-22-10-8-17/h5-10,12,19,23H,3-4,11,13-16H2,1-2H3/t19-/m1/s1. The average Bonchev–Trinajstić information content (AvgIpc) is 2.67. The molecule has 0 spiro atoms. The first kappa shape index (κ1) is 18.7. The highest BCUT2D eigenvalue weighted by atomic mass is 16.5. The van der Waals surface area contributed by atoms with Crippen LogP contribution in [0.5, 0.6) is 11.5 Å². The number of pyridine rings is 1. The third-order valence-electron chi connectivity index (χ3n) is 4.86. The first-order valence-corrected chi connectivity index (χ1v) is 9.32. The van der Waals surface area contributed by atoms with Gasteiger partial charge in [-0.05, 0) is 74.3 Å². The normalized spacial score (nSPS) is 17.8. The molecular formula is C21H29N3O2. The summed E-state index contributed by atoms with van der Waals surface area (Å²) in [4.78, 5) is 6.45. The Labute approximate surface area is 156 Å². The first-order chi connectivity index (χ1) is 12.7. The topological polar surface area (TPSA) is 46.6 Å². The Bertz CT molecular complexity index is 678. The second kappa shape index (κ2) is 9.55. The number of hydrogen-bond acceptors (Lipinski definition) is 5. The van der Waals surface area contributed by atoms with Crippen LogP contribution in [0.3, 0.4) is 0 Å². The maximum absolute atomic E-state index is 5.90. The van der Waals surface area contributed by atoms with E-state index in [-0.39, 0.29) is 0 Å². The number of hydrogen-bond donors (Lipinski definition) is 1. The molecule has 1 N–H and O–H groups in total. The molecule has 1 fully saturated rings. The SMILES string of the molecule is COc1cc(CNC[C@H]2CCCN(C)C2)ccc1OCc1ccncc1. The Kier molecular flexibility index (Phi) is 6.86. The van der Waals surface area contributed by atoms with Crippen LogP contribution in [0.4, 0.5) is 0 Å². The zero-order chi connectivity index (χ0) is 18.2. The molecule has 1 aromatic heterocycles. The highest BCUT2D eigenvalue weighted by Crippen LogP contribution is 2.29. The summed E-state index contributed by atoms with van der Waals surface area (Å²) in [6.45, 7) is 4.84. The third-order valence-corrected chi connectivity index (χ3v) is 4.86. The maximum Gasteiger partial charge on any atom is 0.161 e. The van der Waals surface area contributed by atoms with E-state index < -0.39 is 0 Å². The largest absolute Gasteiger partial charge is 0.493 e. The van der Waals surface area contributed by atoms with Crippen molar-refractivity contribution in [1.82, 2.24) is 15.2 Å². The Morgan fingerprint density at radius 2 is 2.00 bits per heavy atom. The van der Waals surface area contributed by atoms with Gasteiger partial charge < -0.3 is 19.7 Å².